The van der Waals surface area contributed by atoms with Gasteiger partial charge in [0.15, 0.2) is 11.6 Å². The summed E-state index contributed by atoms with van der Waals surface area (Å²) < 4.78 is 12.4. The molecule has 0 bridgehead atoms. The summed E-state index contributed by atoms with van der Waals surface area (Å²) in [4.78, 5) is 12.0. The van der Waals surface area contributed by atoms with E-state index in [0.29, 0.717) is 29.2 Å². The van der Waals surface area contributed by atoms with Crippen molar-refractivity contribution in [2.24, 2.45) is 5.10 Å². The Hall–Kier alpha value is -3.05. The predicted molar refractivity (Wildman–Crippen MR) is 108 cm³/mol. The molecule has 1 N–H and O–H groups in total. The molecule has 0 fully saturated rings. The van der Waals surface area contributed by atoms with Gasteiger partial charge in [-0.15, -0.1) is 11.3 Å². The van der Waals surface area contributed by atoms with Crippen LogP contribution in [0.3, 0.4) is 0 Å². The monoisotopic (exact) mass is 419 g/mol. The van der Waals surface area contributed by atoms with E-state index in [4.69, 9.17) is 21.7 Å². The van der Waals surface area contributed by atoms with Crippen LogP contribution in [0.5, 0.6) is 11.5 Å². The normalized spacial score (nSPS) is 11.1. The molecular formula is C17H17N5O4S2. The van der Waals surface area contributed by atoms with Crippen molar-refractivity contribution in [1.82, 2.24) is 14.9 Å². The molecule has 3 aromatic rings. The second kappa shape index (κ2) is 8.76. The van der Waals surface area contributed by atoms with Crippen LogP contribution in [-0.2, 0) is 6.42 Å². The quantitative estimate of drug-likeness (QED) is 0.258. The van der Waals surface area contributed by atoms with Crippen LogP contribution in [0.25, 0.3) is 0 Å². The lowest BCUT2D eigenvalue weighted by Gasteiger charge is -2.10. The molecule has 9 nitrogen and oxygen atoms in total. The summed E-state index contributed by atoms with van der Waals surface area (Å²) >= 11 is 6.85. The van der Waals surface area contributed by atoms with Crippen LogP contribution < -0.4 is 9.47 Å². The van der Waals surface area contributed by atoms with E-state index < -0.39 is 4.92 Å². The lowest BCUT2D eigenvalue weighted by molar-refractivity contribution is -0.385. The summed E-state index contributed by atoms with van der Waals surface area (Å²) in [5, 5.41) is 24.7. The summed E-state index contributed by atoms with van der Waals surface area (Å²) in [6.07, 6.45) is 2.04. The molecule has 0 saturated carbocycles. The number of methoxy groups -OCH3 is 1. The molecule has 0 saturated heterocycles. The zero-order valence-electron chi connectivity index (χ0n) is 15.1. The summed E-state index contributed by atoms with van der Waals surface area (Å²) in [5.41, 5.74) is 0.269. The van der Waals surface area contributed by atoms with Crippen molar-refractivity contribution in [3.05, 3.63) is 60.8 Å². The number of aromatic amines is 1. The van der Waals surface area contributed by atoms with Gasteiger partial charge in [0.1, 0.15) is 0 Å². The fourth-order valence-corrected chi connectivity index (χ4v) is 3.44. The van der Waals surface area contributed by atoms with Gasteiger partial charge < -0.3 is 9.47 Å². The van der Waals surface area contributed by atoms with Gasteiger partial charge in [0, 0.05) is 22.9 Å². The van der Waals surface area contributed by atoms with Gasteiger partial charge in [-0.05, 0) is 36.7 Å². The number of nitrogens with zero attached hydrogens (tertiary/aromatic N) is 4. The van der Waals surface area contributed by atoms with Gasteiger partial charge in [0.2, 0.25) is 10.5 Å². The molecule has 0 spiro atoms. The van der Waals surface area contributed by atoms with Crippen LogP contribution >= 0.6 is 23.6 Å². The number of nitro groups is 1. The Balaban J connectivity index is 1.97. The maximum absolute atomic E-state index is 11.4. The highest BCUT2D eigenvalue weighted by Gasteiger charge is 2.21. The second-order valence-electron chi connectivity index (χ2n) is 5.52. The number of thiophene rings is 1. The molecule has 0 unspecified atom stereocenters. The van der Waals surface area contributed by atoms with E-state index in [1.807, 2.05) is 17.5 Å². The first-order chi connectivity index (χ1) is 13.5. The van der Waals surface area contributed by atoms with E-state index in [1.54, 1.807) is 24.3 Å². The van der Waals surface area contributed by atoms with Gasteiger partial charge in [0.05, 0.1) is 24.9 Å². The number of hydrogen-bond donors (Lipinski definition) is 1. The molecule has 1 aromatic carbocycles. The van der Waals surface area contributed by atoms with Gasteiger partial charge in [-0.25, -0.2) is 0 Å². The Bertz CT molecular complexity index is 1060. The minimum Gasteiger partial charge on any atom is -0.490 e. The molecular weight excluding hydrogens is 402 g/mol. The van der Waals surface area contributed by atoms with E-state index in [0.717, 1.165) is 4.88 Å². The molecule has 0 aliphatic carbocycles. The van der Waals surface area contributed by atoms with E-state index in [1.165, 1.54) is 24.1 Å². The van der Waals surface area contributed by atoms with Crippen LogP contribution in [0.1, 0.15) is 23.2 Å². The average molecular weight is 419 g/mol. The maximum atomic E-state index is 11.4. The molecule has 0 radical (unpaired) electrons. The molecule has 11 heteroatoms. The van der Waals surface area contributed by atoms with Gasteiger partial charge in [-0.3, -0.25) is 15.2 Å². The van der Waals surface area contributed by atoms with Crippen LogP contribution in [0.4, 0.5) is 5.69 Å². The highest BCUT2D eigenvalue weighted by Crippen LogP contribution is 2.37. The predicted octanol–water partition coefficient (Wildman–Crippen LogP) is 3.79. The first-order valence-electron chi connectivity index (χ1n) is 8.25. The van der Waals surface area contributed by atoms with Crippen molar-refractivity contribution in [1.29, 1.82) is 0 Å². The van der Waals surface area contributed by atoms with Gasteiger partial charge in [-0.2, -0.15) is 14.9 Å². The number of aromatic nitrogens is 3. The number of H-pyrrole nitrogens is 1. The molecule has 146 valence electrons. The molecule has 0 aliphatic heterocycles. The van der Waals surface area contributed by atoms with Crippen molar-refractivity contribution in [2.45, 2.75) is 13.3 Å². The van der Waals surface area contributed by atoms with E-state index in [2.05, 4.69) is 15.3 Å². The smallest absolute Gasteiger partial charge is 0.315 e. The van der Waals surface area contributed by atoms with Crippen molar-refractivity contribution in [2.75, 3.05) is 13.7 Å². The van der Waals surface area contributed by atoms with E-state index in [-0.39, 0.29) is 17.2 Å². The summed E-state index contributed by atoms with van der Waals surface area (Å²) in [6, 6.07) is 6.95. The maximum Gasteiger partial charge on any atom is 0.315 e. The van der Waals surface area contributed by atoms with Crippen LogP contribution in [0, 0.1) is 14.9 Å². The molecule has 3 rings (SSSR count). The Morgan fingerprint density at radius 3 is 2.96 bits per heavy atom. The Labute approximate surface area is 169 Å². The largest absolute Gasteiger partial charge is 0.490 e. The number of benzene rings is 1. The second-order valence-corrected chi connectivity index (χ2v) is 6.94. The third-order valence-corrected chi connectivity index (χ3v) is 4.85. The summed E-state index contributed by atoms with van der Waals surface area (Å²) in [5.74, 6) is 0.981. The summed E-state index contributed by atoms with van der Waals surface area (Å²) in [6.45, 7) is 2.12. The minimum absolute atomic E-state index is 0.0716. The van der Waals surface area contributed by atoms with Gasteiger partial charge >= 0.3 is 5.69 Å². The van der Waals surface area contributed by atoms with Crippen LogP contribution in [-0.4, -0.2) is 39.7 Å². The number of rotatable bonds is 8. The number of ether oxygens (including phenoxy) is 2. The molecule has 28 heavy (non-hydrogen) atoms. The van der Waals surface area contributed by atoms with Crippen LogP contribution in [0.2, 0.25) is 0 Å². The van der Waals surface area contributed by atoms with Gasteiger partial charge in [0.25, 0.3) is 0 Å². The third-order valence-electron chi connectivity index (χ3n) is 3.71. The van der Waals surface area contributed by atoms with E-state index in [9.17, 15) is 10.1 Å². The highest BCUT2D eigenvalue weighted by atomic mass is 32.1. The minimum atomic E-state index is -0.523. The SMILES string of the molecule is CCOc1cc(/C=N\n2c(Cc3cccs3)n[nH]c2=S)cc([N+](=O)[O-])c1OC. The average Bonchev–Trinajstić information content (AvgIpc) is 3.30. The molecule has 0 amide bonds. The lowest BCUT2D eigenvalue weighted by atomic mass is 10.2. The Morgan fingerprint density at radius 2 is 2.32 bits per heavy atom. The Morgan fingerprint density at radius 1 is 1.50 bits per heavy atom. The fraction of sp³-hybridized carbons (Fsp3) is 0.235. The number of nitro benzene ring substituents is 1. The fourth-order valence-electron chi connectivity index (χ4n) is 2.54. The standard InChI is InChI=1S/C17H17N5O4S2/c1-3-26-14-8-11(7-13(22(23)24)16(14)25-2)10-18-21-15(19-20-17(21)27)9-12-5-4-6-28-12/h4-8,10H,3,9H2,1-2H3,(H,20,27)/b18-10-. The Kier molecular flexibility index (Phi) is 6.16. The zero-order valence-corrected chi connectivity index (χ0v) is 16.7. The topological polar surface area (TPSA) is 108 Å². The first-order valence-corrected chi connectivity index (χ1v) is 9.54. The first kappa shape index (κ1) is 19.7. The third kappa shape index (κ3) is 4.26. The van der Waals surface area contributed by atoms with Crippen molar-refractivity contribution < 1.29 is 14.4 Å². The molecule has 0 aliphatic rings. The van der Waals surface area contributed by atoms with Crippen molar-refractivity contribution in [3.63, 3.8) is 0 Å². The lowest BCUT2D eigenvalue weighted by Crippen LogP contribution is -2.02. The van der Waals surface area contributed by atoms with Crippen molar-refractivity contribution >= 4 is 35.5 Å². The molecule has 2 aromatic heterocycles. The molecule has 0 atom stereocenters. The number of hydrogen-bond acceptors (Lipinski definition) is 8. The van der Waals surface area contributed by atoms with E-state index >= 15 is 0 Å². The van der Waals surface area contributed by atoms with Crippen LogP contribution in [0.15, 0.2) is 34.7 Å². The number of nitrogens with one attached hydrogen (secondary N) is 1. The summed E-state index contributed by atoms with van der Waals surface area (Å²) in [7, 11) is 1.36. The molecule has 2 heterocycles. The van der Waals surface area contributed by atoms with Crippen molar-refractivity contribution in [3.8, 4) is 11.5 Å². The zero-order chi connectivity index (χ0) is 20.1. The van der Waals surface area contributed by atoms with Gasteiger partial charge in [-0.1, -0.05) is 6.07 Å². The highest BCUT2D eigenvalue weighted by molar-refractivity contribution is 7.71.